The zero-order valence-corrected chi connectivity index (χ0v) is 22.0. The molecule has 0 aromatic heterocycles. The second-order valence-electron chi connectivity index (χ2n) is 8.77. The van der Waals surface area contributed by atoms with Gasteiger partial charge in [-0.1, -0.05) is 24.6 Å². The van der Waals surface area contributed by atoms with Crippen LogP contribution in [0.4, 0.5) is 4.79 Å². The number of benzene rings is 1. The van der Waals surface area contributed by atoms with Gasteiger partial charge in [-0.3, -0.25) is 19.3 Å². The first-order valence-corrected chi connectivity index (χ1v) is 11.9. The minimum absolute atomic E-state index is 0.00213. The summed E-state index contributed by atoms with van der Waals surface area (Å²) >= 11 is 4.18. The quantitative estimate of drug-likeness (QED) is 0.195. The number of rotatable bonds is 10. The standard InChI is InChI=1S/C25H35N3O6S/c1-8-28(23(31)18(15-35)27-24(32)34-25(5,6)7)21(20-16(3)11-10-12-17(20)4)22(30)26-14-13-19(29)33-9-2/h1,10-12,18,21,35H,9,13-15H2,2-7H3,(H,26,30)(H,27,32). The predicted octanol–water partition coefficient (Wildman–Crippen LogP) is 2.66. The smallest absolute Gasteiger partial charge is 0.408 e. The predicted molar refractivity (Wildman–Crippen MR) is 136 cm³/mol. The molecule has 0 aliphatic heterocycles. The summed E-state index contributed by atoms with van der Waals surface area (Å²) in [7, 11) is 0. The van der Waals surface area contributed by atoms with Crippen LogP contribution in [0.15, 0.2) is 18.2 Å². The fraction of sp³-hybridized carbons (Fsp3) is 0.520. The summed E-state index contributed by atoms with van der Waals surface area (Å²) in [6, 6.07) is 5.37. The lowest BCUT2D eigenvalue weighted by Crippen LogP contribution is -2.52. The summed E-state index contributed by atoms with van der Waals surface area (Å²) in [6.07, 6.45) is 4.87. The summed E-state index contributed by atoms with van der Waals surface area (Å²) in [5.41, 5.74) is 1.25. The Morgan fingerprint density at radius 2 is 1.77 bits per heavy atom. The summed E-state index contributed by atoms with van der Waals surface area (Å²) in [4.78, 5) is 51.6. The number of terminal acetylenes is 1. The molecule has 1 rings (SSSR count). The van der Waals surface area contributed by atoms with Gasteiger partial charge < -0.3 is 20.1 Å². The Kier molecular flexibility index (Phi) is 11.6. The van der Waals surface area contributed by atoms with Gasteiger partial charge in [-0.25, -0.2) is 4.79 Å². The number of ether oxygens (including phenoxy) is 2. The van der Waals surface area contributed by atoms with Crippen LogP contribution in [0.3, 0.4) is 0 Å². The van der Waals surface area contributed by atoms with Crippen molar-refractivity contribution in [3.8, 4) is 12.5 Å². The molecule has 0 radical (unpaired) electrons. The monoisotopic (exact) mass is 505 g/mol. The van der Waals surface area contributed by atoms with E-state index in [1.807, 2.05) is 6.07 Å². The maximum Gasteiger partial charge on any atom is 0.408 e. The van der Waals surface area contributed by atoms with Crippen LogP contribution in [0.25, 0.3) is 0 Å². The van der Waals surface area contributed by atoms with Gasteiger partial charge in [0.2, 0.25) is 5.91 Å². The first-order chi connectivity index (χ1) is 16.4. The minimum atomic E-state index is -1.21. The number of hydrogen-bond acceptors (Lipinski definition) is 7. The highest BCUT2D eigenvalue weighted by molar-refractivity contribution is 7.80. The molecule has 1 aromatic rings. The third-order valence-corrected chi connectivity index (χ3v) is 5.17. The molecular weight excluding hydrogens is 470 g/mol. The second kappa shape index (κ2) is 13.6. The van der Waals surface area contributed by atoms with Gasteiger partial charge in [0.25, 0.3) is 5.91 Å². The molecule has 10 heteroatoms. The lowest BCUT2D eigenvalue weighted by atomic mass is 9.94. The number of carbonyl (C=O) groups is 4. The Morgan fingerprint density at radius 3 is 2.26 bits per heavy atom. The van der Waals surface area contributed by atoms with Gasteiger partial charge in [0, 0.05) is 18.3 Å². The fourth-order valence-corrected chi connectivity index (χ4v) is 3.57. The van der Waals surface area contributed by atoms with E-state index in [9.17, 15) is 19.2 Å². The van der Waals surface area contributed by atoms with Gasteiger partial charge in [-0.2, -0.15) is 12.6 Å². The number of carbonyl (C=O) groups excluding carboxylic acids is 4. The second-order valence-corrected chi connectivity index (χ2v) is 9.14. The van der Waals surface area contributed by atoms with Crippen molar-refractivity contribution < 1.29 is 28.7 Å². The van der Waals surface area contributed by atoms with Crippen molar-refractivity contribution in [1.82, 2.24) is 15.5 Å². The largest absolute Gasteiger partial charge is 0.466 e. The van der Waals surface area contributed by atoms with Crippen LogP contribution in [-0.4, -0.2) is 59.3 Å². The van der Waals surface area contributed by atoms with Gasteiger partial charge in [0.15, 0.2) is 0 Å². The highest BCUT2D eigenvalue weighted by atomic mass is 32.1. The molecule has 2 N–H and O–H groups in total. The van der Waals surface area contributed by atoms with Crippen LogP contribution in [-0.2, 0) is 23.9 Å². The lowest BCUT2D eigenvalue weighted by Gasteiger charge is -2.31. The molecule has 9 nitrogen and oxygen atoms in total. The van der Waals surface area contributed by atoms with Crippen LogP contribution in [0.5, 0.6) is 0 Å². The van der Waals surface area contributed by atoms with E-state index < -0.39 is 41.6 Å². The molecule has 1 aromatic carbocycles. The summed E-state index contributed by atoms with van der Waals surface area (Å²) in [6.45, 7) is 10.6. The number of hydrogen-bond donors (Lipinski definition) is 3. The molecule has 192 valence electrons. The Labute approximate surface area is 212 Å². The number of alkyl carbamates (subject to hydrolysis) is 1. The van der Waals surface area contributed by atoms with Crippen molar-refractivity contribution in [3.05, 3.63) is 34.9 Å². The number of esters is 1. The first kappa shape index (κ1) is 29.8. The van der Waals surface area contributed by atoms with Crippen molar-refractivity contribution in [3.63, 3.8) is 0 Å². The van der Waals surface area contributed by atoms with Crippen molar-refractivity contribution in [2.45, 2.75) is 65.6 Å². The van der Waals surface area contributed by atoms with E-state index in [-0.39, 0.29) is 25.3 Å². The number of nitrogens with one attached hydrogen (secondary N) is 2. The van der Waals surface area contributed by atoms with Crippen LogP contribution in [0.2, 0.25) is 0 Å². The average Bonchev–Trinajstić information content (AvgIpc) is 2.75. The number of amides is 3. The maximum absolute atomic E-state index is 13.4. The van der Waals surface area contributed by atoms with Crippen molar-refractivity contribution >= 4 is 36.5 Å². The lowest BCUT2D eigenvalue weighted by molar-refractivity contribution is -0.143. The van der Waals surface area contributed by atoms with E-state index in [1.165, 1.54) is 0 Å². The summed E-state index contributed by atoms with van der Waals surface area (Å²) in [5, 5.41) is 5.13. The van der Waals surface area contributed by atoms with Crippen molar-refractivity contribution in [2.75, 3.05) is 18.9 Å². The molecular formula is C25H35N3O6S. The van der Waals surface area contributed by atoms with E-state index >= 15 is 0 Å². The Balaban J connectivity index is 3.29. The molecule has 2 unspecified atom stereocenters. The van der Waals surface area contributed by atoms with E-state index in [4.69, 9.17) is 15.9 Å². The Bertz CT molecular complexity index is 947. The van der Waals surface area contributed by atoms with E-state index in [0.717, 1.165) is 16.0 Å². The van der Waals surface area contributed by atoms with Crippen molar-refractivity contribution in [1.29, 1.82) is 0 Å². The SMILES string of the molecule is C#CN(C(=O)C(CS)NC(=O)OC(C)(C)C)C(C(=O)NCCC(=O)OCC)c1c(C)cccc1C. The fourth-order valence-electron chi connectivity index (χ4n) is 3.32. The van der Waals surface area contributed by atoms with Crippen LogP contribution < -0.4 is 10.6 Å². The molecule has 0 heterocycles. The maximum atomic E-state index is 13.4. The van der Waals surface area contributed by atoms with Crippen LogP contribution in [0, 0.1) is 26.3 Å². The molecule has 0 aliphatic rings. The molecule has 2 atom stereocenters. The van der Waals surface area contributed by atoms with Gasteiger partial charge in [0.1, 0.15) is 17.7 Å². The van der Waals surface area contributed by atoms with Gasteiger partial charge >= 0.3 is 12.1 Å². The molecule has 0 saturated heterocycles. The number of thiol groups is 1. The van der Waals surface area contributed by atoms with Gasteiger partial charge in [0.05, 0.1) is 13.0 Å². The zero-order chi connectivity index (χ0) is 26.8. The zero-order valence-electron chi connectivity index (χ0n) is 21.1. The molecule has 0 aliphatic carbocycles. The topological polar surface area (TPSA) is 114 Å². The molecule has 35 heavy (non-hydrogen) atoms. The molecule has 0 spiro atoms. The Hall–Kier alpha value is -3.19. The minimum Gasteiger partial charge on any atom is -0.466 e. The van der Waals surface area contributed by atoms with Crippen molar-refractivity contribution in [2.24, 2.45) is 0 Å². The molecule has 0 bridgehead atoms. The normalized spacial score (nSPS) is 12.5. The summed E-state index contributed by atoms with van der Waals surface area (Å²) < 4.78 is 10.1. The number of nitrogens with zero attached hydrogens (tertiary/aromatic N) is 1. The highest BCUT2D eigenvalue weighted by Gasteiger charge is 2.36. The van der Waals surface area contributed by atoms with Gasteiger partial charge in [-0.05, 0) is 58.2 Å². The number of aryl methyl sites for hydroxylation is 2. The highest BCUT2D eigenvalue weighted by Crippen LogP contribution is 2.28. The third-order valence-electron chi connectivity index (χ3n) is 4.80. The van der Waals surface area contributed by atoms with E-state index in [2.05, 4.69) is 29.3 Å². The van der Waals surface area contributed by atoms with E-state index in [1.54, 1.807) is 53.7 Å². The third kappa shape index (κ3) is 9.17. The van der Waals surface area contributed by atoms with Gasteiger partial charge in [-0.15, -0.1) is 0 Å². The van der Waals surface area contributed by atoms with E-state index in [0.29, 0.717) is 5.56 Å². The molecule has 0 fully saturated rings. The molecule has 0 saturated carbocycles. The first-order valence-electron chi connectivity index (χ1n) is 11.2. The Morgan fingerprint density at radius 1 is 1.17 bits per heavy atom. The summed E-state index contributed by atoms with van der Waals surface area (Å²) in [5.74, 6) is -1.83. The average molecular weight is 506 g/mol. The molecule has 3 amide bonds. The van der Waals surface area contributed by atoms with Crippen LogP contribution >= 0.6 is 12.6 Å². The van der Waals surface area contributed by atoms with Crippen LogP contribution in [0.1, 0.15) is 56.8 Å².